The Morgan fingerprint density at radius 1 is 1.37 bits per heavy atom. The lowest BCUT2D eigenvalue weighted by atomic mass is 10.2. The SMILES string of the molecule is COC1CCC(Nc2cc(C(F)(F)F)cc(N)n2)C1. The first-order valence-electron chi connectivity index (χ1n) is 6.02. The number of halogens is 3. The predicted molar refractivity (Wildman–Crippen MR) is 65.7 cm³/mol. The van der Waals surface area contributed by atoms with Crippen molar-refractivity contribution in [2.45, 2.75) is 37.6 Å². The van der Waals surface area contributed by atoms with Gasteiger partial charge in [-0.25, -0.2) is 4.98 Å². The number of nitrogens with two attached hydrogens (primary N) is 1. The Labute approximate surface area is 109 Å². The Balaban J connectivity index is 2.11. The van der Waals surface area contributed by atoms with Crippen LogP contribution in [0.15, 0.2) is 12.1 Å². The maximum atomic E-state index is 12.6. The van der Waals surface area contributed by atoms with E-state index in [4.69, 9.17) is 10.5 Å². The van der Waals surface area contributed by atoms with Gasteiger partial charge in [0, 0.05) is 13.2 Å². The van der Waals surface area contributed by atoms with Crippen LogP contribution in [0.4, 0.5) is 24.8 Å². The third-order valence-electron chi connectivity index (χ3n) is 3.24. The molecule has 1 aromatic heterocycles. The highest BCUT2D eigenvalue weighted by molar-refractivity contribution is 5.48. The molecule has 0 aromatic carbocycles. The van der Waals surface area contributed by atoms with Gasteiger partial charge in [0.05, 0.1) is 11.7 Å². The van der Waals surface area contributed by atoms with Crippen molar-refractivity contribution in [2.24, 2.45) is 0 Å². The summed E-state index contributed by atoms with van der Waals surface area (Å²) in [5.74, 6) is 0.0210. The fourth-order valence-corrected chi connectivity index (χ4v) is 2.28. The number of hydrogen-bond donors (Lipinski definition) is 2. The molecule has 0 radical (unpaired) electrons. The molecule has 2 rings (SSSR count). The summed E-state index contributed by atoms with van der Waals surface area (Å²) in [6.45, 7) is 0. The van der Waals surface area contributed by atoms with E-state index in [0.29, 0.717) is 0 Å². The van der Waals surface area contributed by atoms with Crippen molar-refractivity contribution in [1.29, 1.82) is 0 Å². The predicted octanol–water partition coefficient (Wildman–Crippen LogP) is 2.66. The van der Waals surface area contributed by atoms with Crippen LogP contribution in [0.5, 0.6) is 0 Å². The average molecular weight is 275 g/mol. The van der Waals surface area contributed by atoms with E-state index in [-0.39, 0.29) is 23.8 Å². The fourth-order valence-electron chi connectivity index (χ4n) is 2.28. The highest BCUT2D eigenvalue weighted by Gasteiger charge is 2.32. The minimum absolute atomic E-state index is 0.0698. The summed E-state index contributed by atoms with van der Waals surface area (Å²) in [4.78, 5) is 3.89. The molecule has 4 nitrogen and oxygen atoms in total. The third-order valence-corrected chi connectivity index (χ3v) is 3.24. The van der Waals surface area contributed by atoms with E-state index in [1.165, 1.54) is 0 Å². The Hall–Kier alpha value is -1.50. The van der Waals surface area contributed by atoms with Crippen molar-refractivity contribution in [2.75, 3.05) is 18.2 Å². The summed E-state index contributed by atoms with van der Waals surface area (Å²) in [5, 5.41) is 2.99. The molecule has 0 bridgehead atoms. The molecule has 1 aliphatic rings. The summed E-state index contributed by atoms with van der Waals surface area (Å²) >= 11 is 0. The van der Waals surface area contributed by atoms with Crippen molar-refractivity contribution in [1.82, 2.24) is 4.98 Å². The van der Waals surface area contributed by atoms with Crippen molar-refractivity contribution in [3.63, 3.8) is 0 Å². The molecule has 106 valence electrons. The molecule has 1 fully saturated rings. The number of nitrogens with one attached hydrogen (secondary N) is 1. The molecule has 3 N–H and O–H groups in total. The van der Waals surface area contributed by atoms with Crippen LogP contribution >= 0.6 is 0 Å². The van der Waals surface area contributed by atoms with Gasteiger partial charge in [-0.3, -0.25) is 0 Å². The maximum Gasteiger partial charge on any atom is 0.416 e. The minimum Gasteiger partial charge on any atom is -0.384 e. The molecule has 1 saturated carbocycles. The number of anilines is 2. The molecule has 2 unspecified atom stereocenters. The smallest absolute Gasteiger partial charge is 0.384 e. The van der Waals surface area contributed by atoms with Crippen molar-refractivity contribution >= 4 is 11.6 Å². The molecule has 19 heavy (non-hydrogen) atoms. The second-order valence-corrected chi connectivity index (χ2v) is 4.68. The summed E-state index contributed by atoms with van der Waals surface area (Å²) < 4.78 is 43.2. The molecule has 1 heterocycles. The number of hydrogen-bond acceptors (Lipinski definition) is 4. The monoisotopic (exact) mass is 275 g/mol. The molecule has 7 heteroatoms. The topological polar surface area (TPSA) is 60.2 Å². The number of methoxy groups -OCH3 is 1. The molecule has 2 atom stereocenters. The van der Waals surface area contributed by atoms with Gasteiger partial charge < -0.3 is 15.8 Å². The second-order valence-electron chi connectivity index (χ2n) is 4.68. The van der Waals surface area contributed by atoms with Crippen LogP contribution in [0.3, 0.4) is 0 Å². The van der Waals surface area contributed by atoms with Gasteiger partial charge in [0.15, 0.2) is 0 Å². The number of pyridine rings is 1. The van der Waals surface area contributed by atoms with Gasteiger partial charge in [-0.15, -0.1) is 0 Å². The maximum absolute atomic E-state index is 12.6. The molecular formula is C12H16F3N3O. The van der Waals surface area contributed by atoms with Gasteiger partial charge in [-0.2, -0.15) is 13.2 Å². The van der Waals surface area contributed by atoms with Gasteiger partial charge >= 0.3 is 6.18 Å². The zero-order valence-corrected chi connectivity index (χ0v) is 10.5. The number of ether oxygens (including phenoxy) is 1. The first kappa shape index (κ1) is 13.9. The Morgan fingerprint density at radius 3 is 2.68 bits per heavy atom. The zero-order chi connectivity index (χ0) is 14.0. The lowest BCUT2D eigenvalue weighted by Gasteiger charge is -2.15. The second kappa shape index (κ2) is 5.24. The van der Waals surface area contributed by atoms with Crippen molar-refractivity contribution < 1.29 is 17.9 Å². The van der Waals surface area contributed by atoms with E-state index in [2.05, 4.69) is 10.3 Å². The van der Waals surface area contributed by atoms with E-state index in [9.17, 15) is 13.2 Å². The van der Waals surface area contributed by atoms with E-state index < -0.39 is 11.7 Å². The lowest BCUT2D eigenvalue weighted by molar-refractivity contribution is -0.137. The number of aromatic nitrogens is 1. The van der Waals surface area contributed by atoms with Crippen LogP contribution in [-0.4, -0.2) is 24.2 Å². The zero-order valence-electron chi connectivity index (χ0n) is 10.5. The van der Waals surface area contributed by atoms with Crippen LogP contribution in [0, 0.1) is 0 Å². The third kappa shape index (κ3) is 3.50. The highest BCUT2D eigenvalue weighted by Crippen LogP contribution is 2.32. The summed E-state index contributed by atoms with van der Waals surface area (Å²) in [7, 11) is 1.63. The highest BCUT2D eigenvalue weighted by atomic mass is 19.4. The van der Waals surface area contributed by atoms with E-state index in [0.717, 1.165) is 31.4 Å². The Kier molecular flexibility index (Phi) is 3.84. The first-order valence-corrected chi connectivity index (χ1v) is 6.02. The number of nitrogen functional groups attached to an aromatic ring is 1. The van der Waals surface area contributed by atoms with E-state index in [1.807, 2.05) is 0 Å². The molecule has 1 aliphatic carbocycles. The minimum atomic E-state index is -4.42. The molecule has 0 amide bonds. The van der Waals surface area contributed by atoms with E-state index >= 15 is 0 Å². The molecule has 0 saturated heterocycles. The molecule has 1 aromatic rings. The van der Waals surface area contributed by atoms with Crippen LogP contribution < -0.4 is 11.1 Å². The number of alkyl halides is 3. The first-order chi connectivity index (χ1) is 8.88. The summed E-state index contributed by atoms with van der Waals surface area (Å²) in [6, 6.07) is 1.88. The fraction of sp³-hybridized carbons (Fsp3) is 0.583. The van der Waals surface area contributed by atoms with Gasteiger partial charge in [0.2, 0.25) is 0 Å². The number of rotatable bonds is 3. The summed E-state index contributed by atoms with van der Waals surface area (Å²) in [6.07, 6.45) is -1.77. The van der Waals surface area contributed by atoms with Crippen molar-refractivity contribution in [3.8, 4) is 0 Å². The Bertz CT molecular complexity index is 450. The summed E-state index contributed by atoms with van der Waals surface area (Å²) in [5.41, 5.74) is 4.62. The van der Waals surface area contributed by atoms with Crippen molar-refractivity contribution in [3.05, 3.63) is 17.7 Å². The normalized spacial score (nSPS) is 23.6. The van der Waals surface area contributed by atoms with Gasteiger partial charge in [0.25, 0.3) is 0 Å². The quantitative estimate of drug-likeness (QED) is 0.890. The van der Waals surface area contributed by atoms with Crippen LogP contribution in [0.25, 0.3) is 0 Å². The van der Waals surface area contributed by atoms with Crippen LogP contribution in [0.1, 0.15) is 24.8 Å². The van der Waals surface area contributed by atoms with Crippen LogP contribution in [-0.2, 0) is 10.9 Å². The standard InChI is InChI=1S/C12H16F3N3O/c1-19-9-3-2-8(6-9)17-11-5-7(12(13,14)15)4-10(16)18-11/h4-5,8-9H,2-3,6H2,1H3,(H3,16,17,18). The largest absolute Gasteiger partial charge is 0.416 e. The Morgan fingerprint density at radius 2 is 2.11 bits per heavy atom. The van der Waals surface area contributed by atoms with E-state index in [1.54, 1.807) is 7.11 Å². The van der Waals surface area contributed by atoms with Gasteiger partial charge in [-0.1, -0.05) is 0 Å². The van der Waals surface area contributed by atoms with Gasteiger partial charge in [0.1, 0.15) is 11.6 Å². The lowest BCUT2D eigenvalue weighted by Crippen LogP contribution is -2.19. The van der Waals surface area contributed by atoms with Crippen LogP contribution in [0.2, 0.25) is 0 Å². The average Bonchev–Trinajstić information content (AvgIpc) is 2.75. The molecule has 0 spiro atoms. The van der Waals surface area contributed by atoms with Gasteiger partial charge in [-0.05, 0) is 31.4 Å². The molecular weight excluding hydrogens is 259 g/mol. The molecule has 0 aliphatic heterocycles. The number of nitrogens with zero attached hydrogens (tertiary/aromatic N) is 1.